The van der Waals surface area contributed by atoms with Gasteiger partial charge in [-0.2, -0.15) is 0 Å². The number of aromatic nitrogens is 1. The second kappa shape index (κ2) is 6.83. The Kier molecular flexibility index (Phi) is 5.11. The zero-order valence-electron chi connectivity index (χ0n) is 10.9. The number of halogens is 3. The van der Waals surface area contributed by atoms with Crippen molar-refractivity contribution in [2.45, 2.75) is 13.3 Å². The molecule has 0 saturated heterocycles. The van der Waals surface area contributed by atoms with Crippen molar-refractivity contribution >= 4 is 39.9 Å². The third-order valence-electron chi connectivity index (χ3n) is 2.60. The molecule has 2 rings (SSSR count). The second-order valence-electron chi connectivity index (χ2n) is 4.18. The van der Waals surface area contributed by atoms with E-state index in [1.54, 1.807) is 0 Å². The molecule has 0 aliphatic carbocycles. The van der Waals surface area contributed by atoms with Crippen molar-refractivity contribution in [2.24, 2.45) is 0 Å². The Labute approximate surface area is 129 Å². The molecule has 3 nitrogen and oxygen atoms in total. The first kappa shape index (κ1) is 15.0. The molecule has 0 saturated carbocycles. The lowest BCUT2D eigenvalue weighted by Crippen LogP contribution is -2.08. The molecule has 2 N–H and O–H groups in total. The van der Waals surface area contributed by atoms with Gasteiger partial charge >= 0.3 is 0 Å². The van der Waals surface area contributed by atoms with Crippen molar-refractivity contribution in [3.8, 4) is 0 Å². The molecular formula is C14H14F2IN3. The van der Waals surface area contributed by atoms with E-state index in [1.165, 1.54) is 0 Å². The van der Waals surface area contributed by atoms with E-state index in [1.807, 2.05) is 31.2 Å². The molecule has 0 unspecified atom stereocenters. The first-order valence-electron chi connectivity index (χ1n) is 6.23. The van der Waals surface area contributed by atoms with E-state index in [0.29, 0.717) is 6.54 Å². The first-order chi connectivity index (χ1) is 9.61. The maximum atomic E-state index is 13.8. The number of pyridine rings is 1. The lowest BCUT2D eigenvalue weighted by atomic mass is 10.3. The summed E-state index contributed by atoms with van der Waals surface area (Å²) in [7, 11) is 0. The van der Waals surface area contributed by atoms with Crippen LogP contribution in [-0.4, -0.2) is 11.5 Å². The molecule has 0 fully saturated rings. The molecule has 1 heterocycles. The molecule has 20 heavy (non-hydrogen) atoms. The molecule has 2 aromatic rings. The molecule has 0 bridgehead atoms. The minimum absolute atomic E-state index is 0.00844. The summed E-state index contributed by atoms with van der Waals surface area (Å²) in [6, 6.07) is 8.26. The van der Waals surface area contributed by atoms with Crippen LogP contribution in [0.5, 0.6) is 0 Å². The number of hydrogen-bond donors (Lipinski definition) is 2. The zero-order chi connectivity index (χ0) is 14.5. The minimum atomic E-state index is -0.718. The molecule has 0 spiro atoms. The SMILES string of the molecule is CCCNc1nc(Nc2ccccc2I)c(F)cc1F. The molecule has 106 valence electrons. The van der Waals surface area contributed by atoms with Gasteiger partial charge in [-0.1, -0.05) is 19.1 Å². The van der Waals surface area contributed by atoms with Crippen molar-refractivity contribution in [1.82, 2.24) is 4.98 Å². The van der Waals surface area contributed by atoms with Crippen molar-refractivity contribution in [3.05, 3.63) is 45.5 Å². The predicted octanol–water partition coefficient (Wildman–Crippen LogP) is 4.53. The molecule has 0 amide bonds. The van der Waals surface area contributed by atoms with Gasteiger partial charge in [-0.05, 0) is 41.1 Å². The minimum Gasteiger partial charge on any atom is -0.368 e. The maximum absolute atomic E-state index is 13.8. The third-order valence-corrected chi connectivity index (χ3v) is 3.54. The fourth-order valence-electron chi connectivity index (χ4n) is 1.61. The predicted molar refractivity (Wildman–Crippen MR) is 85.4 cm³/mol. The van der Waals surface area contributed by atoms with Gasteiger partial charge in [-0.25, -0.2) is 13.8 Å². The Balaban J connectivity index is 2.29. The van der Waals surface area contributed by atoms with Gasteiger partial charge in [0.05, 0.1) is 5.69 Å². The lowest BCUT2D eigenvalue weighted by molar-refractivity contribution is 0.579. The monoisotopic (exact) mass is 389 g/mol. The van der Waals surface area contributed by atoms with Gasteiger partial charge < -0.3 is 10.6 Å². The van der Waals surface area contributed by atoms with Gasteiger partial charge in [-0.15, -0.1) is 0 Å². The number of anilines is 3. The summed E-state index contributed by atoms with van der Waals surface area (Å²) in [6.45, 7) is 2.54. The van der Waals surface area contributed by atoms with Crippen LogP contribution in [0.25, 0.3) is 0 Å². The Bertz CT molecular complexity index is 605. The second-order valence-corrected chi connectivity index (χ2v) is 5.34. The van der Waals surface area contributed by atoms with Crippen LogP contribution in [0.3, 0.4) is 0 Å². The average Bonchev–Trinajstić information content (AvgIpc) is 2.43. The number of benzene rings is 1. The molecule has 0 aliphatic heterocycles. The highest BCUT2D eigenvalue weighted by molar-refractivity contribution is 14.1. The van der Waals surface area contributed by atoms with Crippen LogP contribution in [0.1, 0.15) is 13.3 Å². The van der Waals surface area contributed by atoms with Gasteiger partial charge in [0.2, 0.25) is 0 Å². The highest BCUT2D eigenvalue weighted by Crippen LogP contribution is 2.25. The van der Waals surface area contributed by atoms with Crippen molar-refractivity contribution in [2.75, 3.05) is 17.2 Å². The van der Waals surface area contributed by atoms with E-state index in [0.717, 1.165) is 21.7 Å². The fraction of sp³-hybridized carbons (Fsp3) is 0.214. The molecule has 6 heteroatoms. The summed E-state index contributed by atoms with van der Waals surface area (Å²) in [5, 5.41) is 5.72. The Morgan fingerprint density at radius 1 is 1.15 bits per heavy atom. The van der Waals surface area contributed by atoms with Gasteiger partial charge in [-0.3, -0.25) is 0 Å². The van der Waals surface area contributed by atoms with Crippen molar-refractivity contribution < 1.29 is 8.78 Å². The summed E-state index contributed by atoms with van der Waals surface area (Å²) in [6.07, 6.45) is 0.831. The molecule has 0 radical (unpaired) electrons. The maximum Gasteiger partial charge on any atom is 0.169 e. The third kappa shape index (κ3) is 3.56. The van der Waals surface area contributed by atoms with Crippen molar-refractivity contribution in [3.63, 3.8) is 0 Å². The number of hydrogen-bond acceptors (Lipinski definition) is 3. The quantitative estimate of drug-likeness (QED) is 0.738. The summed E-state index contributed by atoms with van der Waals surface area (Å²) in [5.41, 5.74) is 0.729. The Morgan fingerprint density at radius 3 is 2.55 bits per heavy atom. The van der Waals surface area contributed by atoms with E-state index in [2.05, 4.69) is 38.2 Å². The van der Waals surface area contributed by atoms with Crippen molar-refractivity contribution in [1.29, 1.82) is 0 Å². The molecule has 1 aromatic carbocycles. The molecule has 1 aromatic heterocycles. The highest BCUT2D eigenvalue weighted by Gasteiger charge is 2.12. The number of nitrogens with zero attached hydrogens (tertiary/aromatic N) is 1. The average molecular weight is 389 g/mol. The number of para-hydroxylation sites is 1. The van der Waals surface area contributed by atoms with Crippen LogP contribution in [0.2, 0.25) is 0 Å². The van der Waals surface area contributed by atoms with Crippen LogP contribution in [0.4, 0.5) is 26.1 Å². The van der Waals surface area contributed by atoms with E-state index in [9.17, 15) is 8.78 Å². The Morgan fingerprint density at radius 2 is 1.85 bits per heavy atom. The van der Waals surface area contributed by atoms with Gasteiger partial charge in [0.25, 0.3) is 0 Å². The van der Waals surface area contributed by atoms with Crippen LogP contribution in [0.15, 0.2) is 30.3 Å². The van der Waals surface area contributed by atoms with E-state index < -0.39 is 11.6 Å². The zero-order valence-corrected chi connectivity index (χ0v) is 13.0. The van der Waals surface area contributed by atoms with Gasteiger partial charge in [0.1, 0.15) is 0 Å². The van der Waals surface area contributed by atoms with E-state index in [4.69, 9.17) is 0 Å². The van der Waals surface area contributed by atoms with Crippen LogP contribution in [0, 0.1) is 15.2 Å². The van der Waals surface area contributed by atoms with Crippen LogP contribution < -0.4 is 10.6 Å². The fourth-order valence-corrected chi connectivity index (χ4v) is 2.13. The normalized spacial score (nSPS) is 10.4. The van der Waals surface area contributed by atoms with Crippen LogP contribution >= 0.6 is 22.6 Å². The number of rotatable bonds is 5. The van der Waals surface area contributed by atoms with Gasteiger partial charge in [0.15, 0.2) is 23.3 Å². The van der Waals surface area contributed by atoms with Gasteiger partial charge in [0, 0.05) is 16.2 Å². The summed E-state index contributed by atoms with van der Waals surface area (Å²) < 4.78 is 28.3. The lowest BCUT2D eigenvalue weighted by Gasteiger charge is -2.11. The summed E-state index contributed by atoms with van der Waals surface area (Å²) >= 11 is 2.13. The van der Waals surface area contributed by atoms with Crippen LogP contribution in [-0.2, 0) is 0 Å². The molecule has 0 atom stereocenters. The summed E-state index contributed by atoms with van der Waals surface area (Å²) in [5.74, 6) is -1.34. The smallest absolute Gasteiger partial charge is 0.169 e. The van der Waals surface area contributed by atoms with E-state index >= 15 is 0 Å². The molecular weight excluding hydrogens is 375 g/mol. The first-order valence-corrected chi connectivity index (χ1v) is 7.31. The van der Waals surface area contributed by atoms with E-state index in [-0.39, 0.29) is 11.6 Å². The molecule has 0 aliphatic rings. The number of nitrogens with one attached hydrogen (secondary N) is 2. The highest BCUT2D eigenvalue weighted by atomic mass is 127. The topological polar surface area (TPSA) is 37.0 Å². The Hall–Kier alpha value is -1.44. The largest absolute Gasteiger partial charge is 0.368 e. The summed E-state index contributed by atoms with van der Waals surface area (Å²) in [4.78, 5) is 3.97. The standard InChI is InChI=1S/C14H14F2IN3/c1-2-7-18-13-9(15)8-10(16)14(20-13)19-12-6-4-3-5-11(12)17/h3-6,8H,2,7H2,1H3,(H2,18,19,20).